The number of rotatable bonds is 8. The number of carbonyl (C=O) groups excluding carboxylic acids is 1. The Morgan fingerprint density at radius 1 is 0.903 bits per heavy atom. The van der Waals surface area contributed by atoms with Gasteiger partial charge in [0.15, 0.2) is 0 Å². The summed E-state index contributed by atoms with van der Waals surface area (Å²) in [4.78, 5) is 15.5. The molecule has 3 nitrogen and oxygen atoms in total. The molecule has 2 aromatic carbocycles. The molecule has 0 amide bonds. The molecule has 2 fully saturated rings. The van der Waals surface area contributed by atoms with Gasteiger partial charge in [0, 0.05) is 0 Å². The first kappa shape index (κ1) is 23.8. The standard InChI is InChI=1S/C27H35NO2.ClH/c29-26(27(17-7-8-18-27)25-13-5-2-6-14-25)30-22-10-9-19-28-20-15-24(16-21-28)23-11-3-1-4-12-23;/h1-6,11-14,24H,7-10,15-22H2;1H. The number of nitrogens with zero attached hydrogens (tertiary/aromatic N) is 1. The topological polar surface area (TPSA) is 29.5 Å². The predicted octanol–water partition coefficient (Wildman–Crippen LogP) is 6.12. The largest absolute Gasteiger partial charge is 0.465 e. The maximum Gasteiger partial charge on any atom is 0.316 e. The Bertz CT molecular complexity index is 781. The molecule has 0 bridgehead atoms. The fourth-order valence-corrected chi connectivity index (χ4v) is 5.30. The molecular weight excluding hydrogens is 406 g/mol. The van der Waals surface area contributed by atoms with Crippen LogP contribution >= 0.6 is 12.4 Å². The molecule has 0 radical (unpaired) electrons. The predicted molar refractivity (Wildman–Crippen MR) is 129 cm³/mol. The number of likely N-dealkylation sites (tertiary alicyclic amines) is 1. The van der Waals surface area contributed by atoms with Crippen LogP contribution in [0.1, 0.15) is 68.4 Å². The van der Waals surface area contributed by atoms with E-state index in [0.717, 1.165) is 50.6 Å². The van der Waals surface area contributed by atoms with Crippen LogP contribution in [-0.4, -0.2) is 37.1 Å². The Kier molecular flexibility index (Phi) is 8.98. The molecule has 0 aromatic heterocycles. The van der Waals surface area contributed by atoms with Crippen molar-refractivity contribution < 1.29 is 9.53 Å². The number of hydrogen-bond acceptors (Lipinski definition) is 3. The van der Waals surface area contributed by atoms with Crippen molar-refractivity contribution in [2.24, 2.45) is 0 Å². The Hall–Kier alpha value is -1.84. The summed E-state index contributed by atoms with van der Waals surface area (Å²) in [6.45, 7) is 4.02. The van der Waals surface area contributed by atoms with Gasteiger partial charge in [0.05, 0.1) is 12.0 Å². The van der Waals surface area contributed by atoms with Gasteiger partial charge >= 0.3 is 5.97 Å². The van der Waals surface area contributed by atoms with Gasteiger partial charge in [0.25, 0.3) is 0 Å². The van der Waals surface area contributed by atoms with Crippen LogP contribution in [0, 0.1) is 0 Å². The number of carbonyl (C=O) groups is 1. The second kappa shape index (κ2) is 11.7. The molecule has 1 saturated heterocycles. The molecule has 4 rings (SSSR count). The van der Waals surface area contributed by atoms with Crippen LogP contribution in [0.5, 0.6) is 0 Å². The van der Waals surface area contributed by atoms with E-state index in [9.17, 15) is 4.79 Å². The highest BCUT2D eigenvalue weighted by Crippen LogP contribution is 2.42. The first-order valence-corrected chi connectivity index (χ1v) is 11.8. The van der Waals surface area contributed by atoms with Gasteiger partial charge < -0.3 is 9.64 Å². The third-order valence-corrected chi connectivity index (χ3v) is 7.13. The Balaban J connectivity index is 0.00000272. The minimum atomic E-state index is -0.402. The van der Waals surface area contributed by atoms with Gasteiger partial charge in [-0.3, -0.25) is 4.79 Å². The van der Waals surface area contributed by atoms with Crippen LogP contribution in [0.2, 0.25) is 0 Å². The average molecular weight is 442 g/mol. The second-order valence-corrected chi connectivity index (χ2v) is 9.02. The van der Waals surface area contributed by atoms with Crippen LogP contribution in [-0.2, 0) is 14.9 Å². The molecule has 0 spiro atoms. The third-order valence-electron chi connectivity index (χ3n) is 7.13. The van der Waals surface area contributed by atoms with Gasteiger partial charge in [-0.15, -0.1) is 12.4 Å². The Morgan fingerprint density at radius 2 is 1.52 bits per heavy atom. The van der Waals surface area contributed by atoms with E-state index >= 15 is 0 Å². The smallest absolute Gasteiger partial charge is 0.316 e. The van der Waals surface area contributed by atoms with Crippen LogP contribution in [0.25, 0.3) is 0 Å². The molecule has 4 heteroatoms. The van der Waals surface area contributed by atoms with Crippen LogP contribution in [0.3, 0.4) is 0 Å². The molecule has 0 N–H and O–H groups in total. The molecule has 2 aromatic rings. The lowest BCUT2D eigenvalue weighted by Gasteiger charge is -2.32. The maximum atomic E-state index is 13.0. The summed E-state index contributed by atoms with van der Waals surface area (Å²) in [5.41, 5.74) is 2.22. The fourth-order valence-electron chi connectivity index (χ4n) is 5.30. The molecule has 1 aliphatic carbocycles. The van der Waals surface area contributed by atoms with Crippen molar-refractivity contribution in [1.29, 1.82) is 0 Å². The second-order valence-electron chi connectivity index (χ2n) is 9.02. The van der Waals surface area contributed by atoms with E-state index in [2.05, 4.69) is 47.4 Å². The zero-order valence-corrected chi connectivity index (χ0v) is 19.3. The highest BCUT2D eigenvalue weighted by Gasteiger charge is 2.43. The minimum absolute atomic E-state index is 0. The quantitative estimate of drug-likeness (QED) is 0.365. The lowest BCUT2D eigenvalue weighted by molar-refractivity contribution is -0.150. The summed E-state index contributed by atoms with van der Waals surface area (Å²) in [5.74, 6) is 0.707. The normalized spacial score (nSPS) is 19.0. The lowest BCUT2D eigenvalue weighted by Crippen LogP contribution is -2.35. The van der Waals surface area contributed by atoms with Gasteiger partial charge in [-0.2, -0.15) is 0 Å². The fraction of sp³-hybridized carbons (Fsp3) is 0.519. The number of benzene rings is 2. The Morgan fingerprint density at radius 3 is 2.16 bits per heavy atom. The van der Waals surface area contributed by atoms with Crippen molar-refractivity contribution in [3.8, 4) is 0 Å². The van der Waals surface area contributed by atoms with Gasteiger partial charge in [-0.25, -0.2) is 0 Å². The van der Waals surface area contributed by atoms with Gasteiger partial charge in [0.2, 0.25) is 0 Å². The molecule has 168 valence electrons. The molecule has 1 aliphatic heterocycles. The van der Waals surface area contributed by atoms with E-state index in [-0.39, 0.29) is 18.4 Å². The van der Waals surface area contributed by atoms with Crippen LogP contribution < -0.4 is 0 Å². The van der Waals surface area contributed by atoms with E-state index in [4.69, 9.17) is 4.74 Å². The lowest BCUT2D eigenvalue weighted by atomic mass is 9.79. The molecule has 0 unspecified atom stereocenters. The van der Waals surface area contributed by atoms with Gasteiger partial charge in [-0.05, 0) is 75.2 Å². The van der Waals surface area contributed by atoms with Crippen molar-refractivity contribution in [1.82, 2.24) is 4.90 Å². The van der Waals surface area contributed by atoms with Gasteiger partial charge in [0.1, 0.15) is 0 Å². The highest BCUT2D eigenvalue weighted by atomic mass is 35.5. The first-order valence-electron chi connectivity index (χ1n) is 11.8. The molecule has 31 heavy (non-hydrogen) atoms. The maximum absolute atomic E-state index is 13.0. The summed E-state index contributed by atoms with van der Waals surface area (Å²) >= 11 is 0. The van der Waals surface area contributed by atoms with Crippen molar-refractivity contribution in [3.63, 3.8) is 0 Å². The summed E-state index contributed by atoms with van der Waals surface area (Å²) < 4.78 is 5.79. The Labute approximate surface area is 193 Å². The number of halogens is 1. The number of esters is 1. The zero-order valence-electron chi connectivity index (χ0n) is 18.5. The number of unbranched alkanes of at least 4 members (excludes halogenated alkanes) is 1. The summed E-state index contributed by atoms with van der Waals surface area (Å²) in [6.07, 6.45) is 8.62. The van der Waals surface area contributed by atoms with E-state index in [1.165, 1.54) is 31.5 Å². The van der Waals surface area contributed by atoms with E-state index in [1.54, 1.807) is 0 Å². The van der Waals surface area contributed by atoms with Crippen LogP contribution in [0.4, 0.5) is 0 Å². The van der Waals surface area contributed by atoms with E-state index < -0.39 is 5.41 Å². The molecule has 1 heterocycles. The number of piperidine rings is 1. The van der Waals surface area contributed by atoms with Crippen molar-refractivity contribution in [3.05, 3.63) is 71.8 Å². The van der Waals surface area contributed by atoms with Crippen molar-refractivity contribution >= 4 is 18.4 Å². The number of hydrogen-bond donors (Lipinski definition) is 0. The van der Waals surface area contributed by atoms with Gasteiger partial charge in [-0.1, -0.05) is 73.5 Å². The third kappa shape index (κ3) is 5.90. The number of ether oxygens (including phenoxy) is 1. The van der Waals surface area contributed by atoms with Crippen LogP contribution in [0.15, 0.2) is 60.7 Å². The van der Waals surface area contributed by atoms with Crippen molar-refractivity contribution in [2.45, 2.75) is 62.7 Å². The summed E-state index contributed by atoms with van der Waals surface area (Å²) in [5, 5.41) is 0. The van der Waals surface area contributed by atoms with E-state index in [0.29, 0.717) is 12.5 Å². The summed E-state index contributed by atoms with van der Waals surface area (Å²) in [7, 11) is 0. The zero-order chi connectivity index (χ0) is 20.7. The monoisotopic (exact) mass is 441 g/mol. The minimum Gasteiger partial charge on any atom is -0.465 e. The molecule has 2 aliphatic rings. The highest BCUT2D eigenvalue weighted by molar-refractivity contribution is 5.85. The average Bonchev–Trinajstić information content (AvgIpc) is 3.32. The molecular formula is C27H36ClNO2. The molecule has 1 saturated carbocycles. The van der Waals surface area contributed by atoms with Crippen molar-refractivity contribution in [2.75, 3.05) is 26.2 Å². The van der Waals surface area contributed by atoms with E-state index in [1.807, 2.05) is 18.2 Å². The SMILES string of the molecule is Cl.O=C(OCCCCN1CCC(c2ccccc2)CC1)C1(c2ccccc2)CCCC1. The first-order chi connectivity index (χ1) is 14.8. The summed E-state index contributed by atoms with van der Waals surface area (Å²) in [6, 6.07) is 21.2. The molecule has 0 atom stereocenters.